The van der Waals surface area contributed by atoms with E-state index in [9.17, 15) is 9.59 Å². The second-order valence-corrected chi connectivity index (χ2v) is 7.52. The molecule has 0 aliphatic rings. The molecule has 1 N–H and O–H groups in total. The van der Waals surface area contributed by atoms with Crippen LogP contribution >= 0.6 is 0 Å². The molecule has 0 bridgehead atoms. The van der Waals surface area contributed by atoms with E-state index in [4.69, 9.17) is 0 Å². The molecule has 2 unspecified atom stereocenters. The molecule has 0 aliphatic carbocycles. The first-order valence-corrected chi connectivity index (χ1v) is 9.93. The van der Waals surface area contributed by atoms with Crippen LogP contribution in [0.2, 0.25) is 0 Å². The number of halogens is 1. The predicted molar refractivity (Wildman–Crippen MR) is 111 cm³/mol. The summed E-state index contributed by atoms with van der Waals surface area (Å²) in [6.07, 6.45) is 3.67. The van der Waals surface area contributed by atoms with Gasteiger partial charge in [0.2, 0.25) is 0 Å². The van der Waals surface area contributed by atoms with Gasteiger partial charge in [0.1, 0.15) is 0 Å². The van der Waals surface area contributed by atoms with Gasteiger partial charge in [0, 0.05) is 33.5 Å². The van der Waals surface area contributed by atoms with Crippen LogP contribution in [0.4, 0.5) is 0 Å². The summed E-state index contributed by atoms with van der Waals surface area (Å²) in [6.45, 7) is 7.32. The Kier molecular flexibility index (Phi) is 7.98. The van der Waals surface area contributed by atoms with E-state index in [2.05, 4.69) is 43.1 Å². The van der Waals surface area contributed by atoms with Crippen molar-refractivity contribution in [3.63, 3.8) is 0 Å². The van der Waals surface area contributed by atoms with E-state index in [1.807, 2.05) is 10.6 Å². The second-order valence-electron chi connectivity index (χ2n) is 7.52. The molecular formula is C21H30BrN5O2. The molecule has 3 rings (SSSR count). The molecule has 2 atom stereocenters. The summed E-state index contributed by atoms with van der Waals surface area (Å²) in [4.78, 5) is 30.4. The summed E-state index contributed by atoms with van der Waals surface area (Å²) >= 11 is 0. The third-order valence-corrected chi connectivity index (χ3v) is 5.65. The maximum absolute atomic E-state index is 12.5. The minimum atomic E-state index is -0.348. The van der Waals surface area contributed by atoms with Gasteiger partial charge >= 0.3 is 5.69 Å². The Bertz CT molecular complexity index is 1050. The molecule has 158 valence electrons. The molecule has 3 aromatic rings. The summed E-state index contributed by atoms with van der Waals surface area (Å²) < 4.78 is 4.46. The number of aromatic nitrogens is 4. The van der Waals surface area contributed by atoms with Crippen LogP contribution in [-0.2, 0) is 27.1 Å². The first-order valence-electron chi connectivity index (χ1n) is 9.93. The van der Waals surface area contributed by atoms with Gasteiger partial charge in [0.15, 0.2) is 11.2 Å². The Morgan fingerprint density at radius 3 is 2.45 bits per heavy atom. The van der Waals surface area contributed by atoms with Gasteiger partial charge in [0.05, 0.1) is 25.5 Å². The number of nitrogens with one attached hydrogen (secondary N) is 1. The Hall–Kier alpha value is -2.19. The van der Waals surface area contributed by atoms with Crippen LogP contribution in [0.15, 0.2) is 46.2 Å². The number of hydrogen-bond acceptors (Lipinski definition) is 3. The van der Waals surface area contributed by atoms with Crippen molar-refractivity contribution < 1.29 is 21.9 Å². The molecule has 0 fully saturated rings. The van der Waals surface area contributed by atoms with Crippen LogP contribution in [0.25, 0.3) is 11.2 Å². The SMILES string of the molecule is CC[NH+](CCCn1cnc2c1c(=O)n(C)c(=O)n2C)C(C)Cc1ccccc1.[Br-]. The quantitative estimate of drug-likeness (QED) is 0.397. The molecule has 1 aromatic carbocycles. The minimum absolute atomic E-state index is 0. The van der Waals surface area contributed by atoms with E-state index >= 15 is 0 Å². The van der Waals surface area contributed by atoms with Crippen LogP contribution in [0, 0.1) is 0 Å². The monoisotopic (exact) mass is 463 g/mol. The molecule has 2 aromatic heterocycles. The molecule has 0 spiro atoms. The molecule has 0 amide bonds. The third kappa shape index (κ3) is 4.87. The maximum atomic E-state index is 12.5. The van der Waals surface area contributed by atoms with Gasteiger partial charge in [-0.2, -0.15) is 0 Å². The van der Waals surface area contributed by atoms with Crippen LogP contribution < -0.4 is 33.1 Å². The summed E-state index contributed by atoms with van der Waals surface area (Å²) in [6, 6.07) is 11.1. The number of hydrogen-bond donors (Lipinski definition) is 1. The number of likely N-dealkylation sites (N-methyl/N-ethyl adjacent to an activating group) is 1. The highest BCUT2D eigenvalue weighted by Gasteiger charge is 2.17. The smallest absolute Gasteiger partial charge is 0.332 e. The number of rotatable bonds is 8. The highest BCUT2D eigenvalue weighted by Crippen LogP contribution is 2.06. The third-order valence-electron chi connectivity index (χ3n) is 5.65. The van der Waals surface area contributed by atoms with Crippen LogP contribution in [0.3, 0.4) is 0 Å². The van der Waals surface area contributed by atoms with Crippen molar-refractivity contribution in [2.24, 2.45) is 14.1 Å². The Morgan fingerprint density at radius 2 is 1.79 bits per heavy atom. The average molecular weight is 464 g/mol. The number of benzene rings is 1. The van der Waals surface area contributed by atoms with Gasteiger partial charge in [-0.15, -0.1) is 0 Å². The van der Waals surface area contributed by atoms with E-state index in [1.165, 1.54) is 17.2 Å². The van der Waals surface area contributed by atoms with Crippen molar-refractivity contribution in [3.8, 4) is 0 Å². The Morgan fingerprint density at radius 1 is 1.10 bits per heavy atom. The zero-order valence-electron chi connectivity index (χ0n) is 17.6. The lowest BCUT2D eigenvalue weighted by atomic mass is 10.1. The normalized spacial score (nSPS) is 13.2. The number of imidazole rings is 1. The lowest BCUT2D eigenvalue weighted by Crippen LogP contribution is -3.15. The fourth-order valence-corrected chi connectivity index (χ4v) is 3.93. The van der Waals surface area contributed by atoms with Crippen molar-refractivity contribution in [1.82, 2.24) is 18.7 Å². The highest BCUT2D eigenvalue weighted by atomic mass is 79.9. The van der Waals surface area contributed by atoms with Gasteiger partial charge in [0.25, 0.3) is 5.56 Å². The second kappa shape index (κ2) is 10.0. The summed E-state index contributed by atoms with van der Waals surface area (Å²) in [5, 5.41) is 0. The Labute approximate surface area is 181 Å². The molecule has 0 aliphatic heterocycles. The first kappa shape index (κ1) is 23.1. The van der Waals surface area contributed by atoms with Crippen molar-refractivity contribution in [3.05, 3.63) is 63.1 Å². The van der Waals surface area contributed by atoms with Crippen molar-refractivity contribution in [2.45, 2.75) is 39.3 Å². The average Bonchev–Trinajstić information content (AvgIpc) is 3.12. The van der Waals surface area contributed by atoms with E-state index in [-0.39, 0.29) is 28.2 Å². The molecule has 8 heteroatoms. The van der Waals surface area contributed by atoms with Crippen molar-refractivity contribution >= 4 is 11.2 Å². The summed E-state index contributed by atoms with van der Waals surface area (Å²) in [7, 11) is 3.16. The van der Waals surface area contributed by atoms with E-state index in [0.29, 0.717) is 23.8 Å². The number of aryl methyl sites for hydroxylation is 2. The number of nitrogens with zero attached hydrogens (tertiary/aromatic N) is 4. The standard InChI is InChI=1S/C21H29N5O2.BrH/c1-5-25(16(2)14-17-10-7-6-8-11-17)12-9-13-26-15-22-19-18(26)20(27)24(4)21(28)23(19)3;/h6-8,10-11,15-16H,5,9,12-14H2,1-4H3;1H. The van der Waals surface area contributed by atoms with E-state index in [1.54, 1.807) is 18.3 Å². The zero-order chi connectivity index (χ0) is 20.3. The molecular weight excluding hydrogens is 434 g/mol. The zero-order valence-corrected chi connectivity index (χ0v) is 19.1. The van der Waals surface area contributed by atoms with Crippen molar-refractivity contribution in [1.29, 1.82) is 0 Å². The van der Waals surface area contributed by atoms with Crippen LogP contribution in [0.1, 0.15) is 25.8 Å². The van der Waals surface area contributed by atoms with Crippen LogP contribution in [-0.4, -0.2) is 37.8 Å². The molecule has 0 saturated carbocycles. The molecule has 29 heavy (non-hydrogen) atoms. The maximum Gasteiger partial charge on any atom is 0.332 e. The largest absolute Gasteiger partial charge is 1.00 e. The summed E-state index contributed by atoms with van der Waals surface area (Å²) in [5.74, 6) is 0. The summed E-state index contributed by atoms with van der Waals surface area (Å²) in [5.41, 5.74) is 1.68. The van der Waals surface area contributed by atoms with E-state index < -0.39 is 0 Å². The van der Waals surface area contributed by atoms with E-state index in [0.717, 1.165) is 30.5 Å². The van der Waals surface area contributed by atoms with Gasteiger partial charge in [-0.05, 0) is 19.4 Å². The van der Waals surface area contributed by atoms with Gasteiger partial charge < -0.3 is 26.4 Å². The van der Waals surface area contributed by atoms with Gasteiger partial charge in [-0.25, -0.2) is 9.78 Å². The minimum Gasteiger partial charge on any atom is -1.00 e. The van der Waals surface area contributed by atoms with Gasteiger partial charge in [-0.1, -0.05) is 30.3 Å². The number of fused-ring (bicyclic) bond motifs is 1. The molecule has 0 radical (unpaired) electrons. The molecule has 7 nitrogen and oxygen atoms in total. The fourth-order valence-electron chi connectivity index (χ4n) is 3.93. The number of quaternary nitrogens is 1. The van der Waals surface area contributed by atoms with Crippen molar-refractivity contribution in [2.75, 3.05) is 13.1 Å². The predicted octanol–water partition coefficient (Wildman–Crippen LogP) is -2.64. The van der Waals surface area contributed by atoms with Crippen LogP contribution in [0.5, 0.6) is 0 Å². The first-order chi connectivity index (χ1) is 13.4. The fraction of sp³-hybridized carbons (Fsp3) is 0.476. The highest BCUT2D eigenvalue weighted by molar-refractivity contribution is 5.69. The topological polar surface area (TPSA) is 66.3 Å². The van der Waals surface area contributed by atoms with Gasteiger partial charge in [-0.3, -0.25) is 13.9 Å². The molecule has 0 saturated heterocycles. The molecule has 2 heterocycles. The Balaban J connectivity index is 0.00000300. The lowest BCUT2D eigenvalue weighted by Gasteiger charge is -2.25. The lowest BCUT2D eigenvalue weighted by molar-refractivity contribution is -0.922.